The smallest absolute Gasteiger partial charge is 0.459 e. The van der Waals surface area contributed by atoms with Gasteiger partial charge in [-0.3, -0.25) is 0 Å². The Morgan fingerprint density at radius 1 is 0.800 bits per heavy atom. The second-order valence-corrected chi connectivity index (χ2v) is 14.5. The van der Waals surface area contributed by atoms with Gasteiger partial charge >= 0.3 is 16.7 Å². The van der Waals surface area contributed by atoms with E-state index in [0.29, 0.717) is 0 Å². The van der Waals surface area contributed by atoms with Crippen molar-refractivity contribution >= 4 is 35.0 Å². The number of rotatable bonds is 5. The molecular weight excluding hydrogens is 446 g/mol. The molecule has 0 N–H and O–H groups in total. The first-order valence-electron chi connectivity index (χ1n) is 9.43. The highest BCUT2D eigenvalue weighted by molar-refractivity contribution is 7.58. The van der Waals surface area contributed by atoms with E-state index in [4.69, 9.17) is 26.7 Å². The summed E-state index contributed by atoms with van der Waals surface area (Å²) in [7, 11) is -8.86. The standard InChI is InChI=1S/C19H24O8P2Si/c1-22-30(17-9-5-3-6-10-17,18-11-7-4-8-12-18)27-29(21)25-15-19(16-26-29)13-23-28(2,20)24-14-19/h3-12H,13-16H2,1-2H3. The average Bonchev–Trinajstić information content (AvgIpc) is 2.78. The number of phosphoric acid groups is 1. The van der Waals surface area contributed by atoms with Gasteiger partial charge in [-0.15, -0.1) is 0 Å². The number of hydrogen-bond acceptors (Lipinski definition) is 8. The second kappa shape index (κ2) is 8.62. The highest BCUT2D eigenvalue weighted by Gasteiger charge is 2.58. The van der Waals surface area contributed by atoms with E-state index in [0.717, 1.165) is 10.4 Å². The molecule has 2 aliphatic rings. The van der Waals surface area contributed by atoms with Crippen molar-refractivity contribution in [1.29, 1.82) is 0 Å². The van der Waals surface area contributed by atoms with E-state index in [2.05, 4.69) is 0 Å². The fourth-order valence-corrected chi connectivity index (χ4v) is 10.3. The molecule has 0 aliphatic carbocycles. The van der Waals surface area contributed by atoms with Crippen molar-refractivity contribution in [1.82, 2.24) is 0 Å². The first-order chi connectivity index (χ1) is 14.3. The highest BCUT2D eigenvalue weighted by atomic mass is 31.2. The van der Waals surface area contributed by atoms with E-state index in [1.807, 2.05) is 60.7 Å². The first kappa shape index (κ1) is 22.4. The monoisotopic (exact) mass is 470 g/mol. The van der Waals surface area contributed by atoms with Crippen LogP contribution in [0.4, 0.5) is 0 Å². The fourth-order valence-electron chi connectivity index (χ4n) is 3.34. The van der Waals surface area contributed by atoms with Gasteiger partial charge in [0.15, 0.2) is 0 Å². The summed E-state index contributed by atoms with van der Waals surface area (Å²) in [5.74, 6) is 0. The van der Waals surface area contributed by atoms with Gasteiger partial charge in [0.2, 0.25) is 7.94 Å². The summed E-state index contributed by atoms with van der Waals surface area (Å²) in [4.78, 5) is 25.4. The third-order valence-electron chi connectivity index (χ3n) is 5.10. The van der Waals surface area contributed by atoms with Gasteiger partial charge < -0.3 is 14.2 Å². The third kappa shape index (κ3) is 4.53. The molecule has 0 radical (unpaired) electrons. The van der Waals surface area contributed by atoms with Crippen LogP contribution >= 0.6 is 16.1 Å². The van der Waals surface area contributed by atoms with Gasteiger partial charge in [0, 0.05) is 17.5 Å². The summed E-state index contributed by atoms with van der Waals surface area (Å²) < 4.78 is 34.0. The lowest BCUT2D eigenvalue weighted by Gasteiger charge is -2.44. The van der Waals surface area contributed by atoms with Crippen LogP contribution in [0.2, 0.25) is 0 Å². The lowest BCUT2D eigenvalue weighted by atomic mass is 9.93. The van der Waals surface area contributed by atoms with E-state index in [1.54, 1.807) is 0 Å². The van der Waals surface area contributed by atoms with E-state index < -0.39 is 30.1 Å². The zero-order valence-corrected chi connectivity index (χ0v) is 19.6. The second-order valence-electron chi connectivity index (χ2n) is 7.46. The van der Waals surface area contributed by atoms with Gasteiger partial charge in [0.05, 0.1) is 12.1 Å². The molecule has 30 heavy (non-hydrogen) atoms. The molecule has 162 valence electrons. The van der Waals surface area contributed by atoms with E-state index in [-0.39, 0.29) is 26.4 Å². The van der Waals surface area contributed by atoms with Crippen LogP contribution in [0.1, 0.15) is 0 Å². The summed E-state index contributed by atoms with van der Waals surface area (Å²) in [6, 6.07) is 18.8. The van der Waals surface area contributed by atoms with Crippen molar-refractivity contribution in [2.24, 2.45) is 5.41 Å². The van der Waals surface area contributed by atoms with Crippen LogP contribution in [0, 0.1) is 5.41 Å². The molecule has 0 unspecified atom stereocenters. The van der Waals surface area contributed by atoms with Crippen LogP contribution in [0.5, 0.6) is 0 Å². The van der Waals surface area contributed by atoms with E-state index in [9.17, 15) is 9.79 Å². The highest BCUT2D eigenvalue weighted by Crippen LogP contribution is 2.62. The molecule has 2 aliphatic heterocycles. The maximum Gasteiger partial charge on any atom is 0.459 e. The van der Waals surface area contributed by atoms with Crippen molar-refractivity contribution < 1.29 is 36.5 Å². The average molecular weight is 470 g/mol. The van der Waals surface area contributed by atoms with Crippen molar-refractivity contribution in [2.75, 3.05) is 40.2 Å². The van der Waals surface area contributed by atoms with Gasteiger partial charge in [-0.05, 0) is 0 Å². The molecule has 2 heterocycles. The fraction of sp³-hybridized carbons (Fsp3) is 0.368. The minimum Gasteiger partial charge on any atom is -0.632 e. The molecule has 2 aromatic rings. The molecule has 1 spiro atoms. The number of phosphoric ester groups is 1. The van der Waals surface area contributed by atoms with Crippen molar-refractivity contribution in [3.05, 3.63) is 60.7 Å². The predicted molar refractivity (Wildman–Crippen MR) is 112 cm³/mol. The maximum atomic E-state index is 13.5. The van der Waals surface area contributed by atoms with Gasteiger partial charge in [-0.1, -0.05) is 60.7 Å². The van der Waals surface area contributed by atoms with Crippen LogP contribution in [-0.2, 0) is 26.7 Å². The predicted octanol–water partition coefficient (Wildman–Crippen LogP) is 0.777. The summed E-state index contributed by atoms with van der Waals surface area (Å²) >= 11 is 0. The summed E-state index contributed by atoms with van der Waals surface area (Å²) in [5.41, 5.74) is -0.683. The Balaban J connectivity index is 1.58. The Labute approximate surface area is 178 Å². The minimum atomic E-state index is -3.95. The quantitative estimate of drug-likeness (QED) is 0.467. The Morgan fingerprint density at radius 3 is 1.67 bits per heavy atom. The summed E-state index contributed by atoms with van der Waals surface area (Å²) in [6.07, 6.45) is 0. The van der Waals surface area contributed by atoms with Crippen molar-refractivity contribution in [2.45, 2.75) is 0 Å². The van der Waals surface area contributed by atoms with Crippen LogP contribution in [0.15, 0.2) is 60.7 Å². The molecular formula is C19H24O8P2Si. The van der Waals surface area contributed by atoms with Gasteiger partial charge in [-0.25, -0.2) is 9.05 Å². The zero-order valence-electron chi connectivity index (χ0n) is 16.8. The SMILES string of the molecule is CO[Si](O[P+]1([O-])OCC2(CO[P+](C)([O-])OC2)CO1)(c1ccccc1)c1ccccc1. The van der Waals surface area contributed by atoms with Crippen LogP contribution in [-0.4, -0.2) is 48.8 Å². The Bertz CT molecular complexity index is 795. The molecule has 8 nitrogen and oxygen atoms in total. The zero-order chi connectivity index (χ0) is 21.3. The summed E-state index contributed by atoms with van der Waals surface area (Å²) in [5, 5.41) is 1.55. The van der Waals surface area contributed by atoms with E-state index >= 15 is 0 Å². The summed E-state index contributed by atoms with van der Waals surface area (Å²) in [6.45, 7) is 1.73. The van der Waals surface area contributed by atoms with Gasteiger partial charge in [0.25, 0.3) is 0 Å². The molecule has 0 bridgehead atoms. The van der Waals surface area contributed by atoms with Crippen LogP contribution < -0.4 is 20.2 Å². The van der Waals surface area contributed by atoms with Crippen LogP contribution in [0.25, 0.3) is 0 Å². The molecule has 11 heteroatoms. The Morgan fingerprint density at radius 2 is 1.23 bits per heavy atom. The topological polar surface area (TPSA) is 102 Å². The molecule has 2 saturated heterocycles. The van der Waals surface area contributed by atoms with Gasteiger partial charge in [-0.2, -0.15) is 13.3 Å². The Hall–Kier alpha value is -0.803. The molecule has 0 atom stereocenters. The lowest BCUT2D eigenvalue weighted by molar-refractivity contribution is -0.269. The largest absolute Gasteiger partial charge is 0.632 e. The van der Waals surface area contributed by atoms with E-state index in [1.165, 1.54) is 13.8 Å². The lowest BCUT2D eigenvalue weighted by Crippen LogP contribution is -2.64. The molecule has 0 amide bonds. The maximum absolute atomic E-state index is 13.5. The van der Waals surface area contributed by atoms with Crippen molar-refractivity contribution in [3.8, 4) is 0 Å². The molecule has 2 fully saturated rings. The third-order valence-corrected chi connectivity index (χ3v) is 11.9. The van der Waals surface area contributed by atoms with Crippen LogP contribution in [0.3, 0.4) is 0 Å². The van der Waals surface area contributed by atoms with Crippen molar-refractivity contribution in [3.63, 3.8) is 0 Å². The molecule has 2 aromatic carbocycles. The first-order valence-corrected chi connectivity index (χ1v) is 14.7. The molecule has 4 rings (SSSR count). The minimum absolute atomic E-state index is 0.0298. The number of hydrogen-bond donors (Lipinski definition) is 0. The molecule has 0 aromatic heterocycles. The number of benzene rings is 2. The van der Waals surface area contributed by atoms with Gasteiger partial charge in [0.1, 0.15) is 26.4 Å². The normalized spacial score (nSPS) is 32.3. The molecule has 0 saturated carbocycles. The Kier molecular flexibility index (Phi) is 6.43.